The lowest BCUT2D eigenvalue weighted by Crippen LogP contribution is -2.10. The number of thioether (sulfide) groups is 1. The van der Waals surface area contributed by atoms with Gasteiger partial charge < -0.3 is 10.5 Å². The lowest BCUT2D eigenvalue weighted by Gasteiger charge is -2.06. The molecule has 0 bridgehead atoms. The van der Waals surface area contributed by atoms with Crippen LogP contribution in [0.2, 0.25) is 0 Å². The van der Waals surface area contributed by atoms with Gasteiger partial charge in [0.2, 0.25) is 0 Å². The molecule has 1 aromatic carbocycles. The summed E-state index contributed by atoms with van der Waals surface area (Å²) in [5.74, 6) is 1.60. The number of hydrogen-bond donors (Lipinski definition) is 2. The van der Waals surface area contributed by atoms with E-state index in [1.807, 2.05) is 25.1 Å². The van der Waals surface area contributed by atoms with Gasteiger partial charge in [-0.05, 0) is 37.3 Å². The molecular weight excluding hydrogens is 272 g/mol. The fourth-order valence-corrected chi connectivity index (χ4v) is 2.21. The van der Waals surface area contributed by atoms with Gasteiger partial charge in [0.05, 0.1) is 6.61 Å². The van der Waals surface area contributed by atoms with Crippen LogP contribution in [0.25, 0.3) is 0 Å². The second-order valence-electron chi connectivity index (χ2n) is 4.12. The van der Waals surface area contributed by atoms with E-state index < -0.39 is 0 Å². The van der Waals surface area contributed by atoms with Crippen LogP contribution >= 0.6 is 11.8 Å². The van der Waals surface area contributed by atoms with Gasteiger partial charge in [-0.2, -0.15) is 0 Å². The number of nitrogens with two attached hydrogens (primary N) is 1. The first kappa shape index (κ1) is 14.3. The maximum absolute atomic E-state index is 7.31. The molecule has 5 nitrogen and oxygen atoms in total. The lowest BCUT2D eigenvalue weighted by atomic mass is 10.2. The molecule has 0 aliphatic rings. The Morgan fingerprint density at radius 1 is 1.30 bits per heavy atom. The maximum atomic E-state index is 7.31. The summed E-state index contributed by atoms with van der Waals surface area (Å²) in [5, 5.41) is 8.07. The first-order valence-electron chi connectivity index (χ1n) is 6.15. The number of nitrogens with zero attached hydrogens (tertiary/aromatic N) is 2. The van der Waals surface area contributed by atoms with E-state index in [1.165, 1.54) is 0 Å². The summed E-state index contributed by atoms with van der Waals surface area (Å²) in [6, 6.07) is 9.04. The molecule has 0 unspecified atom stereocenters. The molecule has 20 heavy (non-hydrogen) atoms. The van der Waals surface area contributed by atoms with Crippen molar-refractivity contribution in [3.63, 3.8) is 0 Å². The molecule has 0 aliphatic heterocycles. The maximum Gasteiger partial charge on any atom is 0.187 e. The van der Waals surface area contributed by atoms with Gasteiger partial charge >= 0.3 is 0 Å². The fraction of sp³-hybridized carbons (Fsp3) is 0.214. The van der Waals surface area contributed by atoms with Crippen molar-refractivity contribution < 1.29 is 4.74 Å². The van der Waals surface area contributed by atoms with Gasteiger partial charge in [0.25, 0.3) is 0 Å². The normalized spacial score (nSPS) is 10.2. The van der Waals surface area contributed by atoms with Crippen LogP contribution in [0.15, 0.2) is 41.7 Å². The number of aromatic nitrogens is 2. The Morgan fingerprint density at radius 3 is 2.70 bits per heavy atom. The number of amidine groups is 1. The van der Waals surface area contributed by atoms with Crippen LogP contribution < -0.4 is 10.5 Å². The van der Waals surface area contributed by atoms with Crippen molar-refractivity contribution in [3.05, 3.63) is 47.8 Å². The monoisotopic (exact) mass is 288 g/mol. The molecule has 3 N–H and O–H groups in total. The quantitative estimate of drug-likeness (QED) is 0.280. The van der Waals surface area contributed by atoms with E-state index in [1.54, 1.807) is 30.1 Å². The Hall–Kier alpha value is -2.08. The zero-order valence-corrected chi connectivity index (χ0v) is 12.0. The van der Waals surface area contributed by atoms with Crippen LogP contribution in [0.5, 0.6) is 5.75 Å². The van der Waals surface area contributed by atoms with Gasteiger partial charge in [-0.3, -0.25) is 5.41 Å². The summed E-state index contributed by atoms with van der Waals surface area (Å²) in [4.78, 5) is 8.48. The Bertz CT molecular complexity index is 586. The highest BCUT2D eigenvalue weighted by molar-refractivity contribution is 7.99. The lowest BCUT2D eigenvalue weighted by molar-refractivity contribution is 0.344. The molecule has 1 heterocycles. The number of nitrogen functional groups attached to an aromatic ring is 1. The predicted octanol–water partition coefficient (Wildman–Crippen LogP) is 2.24. The fourth-order valence-electron chi connectivity index (χ4n) is 1.52. The highest BCUT2D eigenvalue weighted by atomic mass is 32.2. The number of aryl methyl sites for hydroxylation is 1. The number of nitrogens with one attached hydrogen (secondary N) is 1. The average Bonchev–Trinajstić information content (AvgIpc) is 2.44. The van der Waals surface area contributed by atoms with E-state index in [-0.39, 0.29) is 5.84 Å². The van der Waals surface area contributed by atoms with Crippen molar-refractivity contribution in [2.45, 2.75) is 12.1 Å². The van der Waals surface area contributed by atoms with Crippen molar-refractivity contribution in [1.82, 2.24) is 9.97 Å². The number of ether oxygens (including phenoxy) is 1. The molecule has 0 saturated carbocycles. The van der Waals surface area contributed by atoms with E-state index in [9.17, 15) is 0 Å². The average molecular weight is 288 g/mol. The Balaban J connectivity index is 1.77. The van der Waals surface area contributed by atoms with Gasteiger partial charge in [-0.25, -0.2) is 9.97 Å². The number of rotatable bonds is 6. The summed E-state index contributed by atoms with van der Waals surface area (Å²) in [7, 11) is 0. The van der Waals surface area contributed by atoms with Crippen LogP contribution in [0.1, 0.15) is 11.3 Å². The molecule has 0 saturated heterocycles. The van der Waals surface area contributed by atoms with Crippen LogP contribution in [0, 0.1) is 12.3 Å². The van der Waals surface area contributed by atoms with E-state index in [2.05, 4.69) is 9.97 Å². The van der Waals surface area contributed by atoms with Crippen LogP contribution in [-0.2, 0) is 0 Å². The van der Waals surface area contributed by atoms with Gasteiger partial charge in [-0.1, -0.05) is 11.8 Å². The van der Waals surface area contributed by atoms with Crippen LogP contribution in [0.4, 0.5) is 0 Å². The van der Waals surface area contributed by atoms with E-state index >= 15 is 0 Å². The zero-order valence-electron chi connectivity index (χ0n) is 11.2. The third-order valence-electron chi connectivity index (χ3n) is 2.52. The van der Waals surface area contributed by atoms with Gasteiger partial charge in [0.1, 0.15) is 11.6 Å². The van der Waals surface area contributed by atoms with Crippen molar-refractivity contribution >= 4 is 17.6 Å². The molecule has 0 atom stereocenters. The minimum Gasteiger partial charge on any atom is -0.493 e. The van der Waals surface area contributed by atoms with Crippen molar-refractivity contribution in [2.24, 2.45) is 5.73 Å². The first-order chi connectivity index (χ1) is 9.65. The molecule has 2 rings (SSSR count). The SMILES string of the molecule is Cc1ccnc(SCCOc2ccc(C(=N)N)cc2)n1. The minimum absolute atomic E-state index is 0.0590. The van der Waals surface area contributed by atoms with Crippen molar-refractivity contribution in [1.29, 1.82) is 5.41 Å². The van der Waals surface area contributed by atoms with Crippen molar-refractivity contribution in [3.8, 4) is 5.75 Å². The van der Waals surface area contributed by atoms with Crippen molar-refractivity contribution in [2.75, 3.05) is 12.4 Å². The Labute approximate surface area is 122 Å². The Kier molecular flexibility index (Phi) is 4.95. The molecule has 1 aromatic heterocycles. The molecule has 6 heteroatoms. The highest BCUT2D eigenvalue weighted by Crippen LogP contribution is 2.15. The highest BCUT2D eigenvalue weighted by Gasteiger charge is 2.00. The smallest absolute Gasteiger partial charge is 0.187 e. The first-order valence-corrected chi connectivity index (χ1v) is 7.13. The number of hydrogen-bond acceptors (Lipinski definition) is 5. The van der Waals surface area contributed by atoms with Gasteiger partial charge in [0, 0.05) is 23.2 Å². The molecule has 0 amide bonds. The molecule has 0 radical (unpaired) electrons. The van der Waals surface area contributed by atoms with Gasteiger partial charge in [-0.15, -0.1) is 0 Å². The molecule has 0 aliphatic carbocycles. The van der Waals surface area contributed by atoms with E-state index in [0.29, 0.717) is 12.2 Å². The minimum atomic E-state index is 0.0590. The summed E-state index contributed by atoms with van der Waals surface area (Å²) in [6.45, 7) is 2.51. The Morgan fingerprint density at radius 2 is 2.05 bits per heavy atom. The molecular formula is C14H16N4OS. The topological polar surface area (TPSA) is 84.9 Å². The van der Waals surface area contributed by atoms with Crippen LogP contribution in [-0.4, -0.2) is 28.2 Å². The van der Waals surface area contributed by atoms with Gasteiger partial charge in [0.15, 0.2) is 5.16 Å². The summed E-state index contributed by atoms with van der Waals surface area (Å²) >= 11 is 1.56. The molecule has 2 aromatic rings. The molecule has 0 spiro atoms. The summed E-state index contributed by atoms with van der Waals surface area (Å²) in [5.41, 5.74) is 7.04. The zero-order chi connectivity index (χ0) is 14.4. The summed E-state index contributed by atoms with van der Waals surface area (Å²) in [6.07, 6.45) is 1.76. The third kappa shape index (κ3) is 4.24. The van der Waals surface area contributed by atoms with E-state index in [0.717, 1.165) is 22.4 Å². The molecule has 104 valence electrons. The second-order valence-corrected chi connectivity index (χ2v) is 5.18. The second kappa shape index (κ2) is 6.91. The number of benzene rings is 1. The van der Waals surface area contributed by atoms with E-state index in [4.69, 9.17) is 15.9 Å². The van der Waals surface area contributed by atoms with Crippen LogP contribution in [0.3, 0.4) is 0 Å². The third-order valence-corrected chi connectivity index (χ3v) is 3.35. The summed E-state index contributed by atoms with van der Waals surface area (Å²) < 4.78 is 5.61. The molecule has 0 fully saturated rings. The largest absolute Gasteiger partial charge is 0.493 e. The predicted molar refractivity (Wildman–Crippen MR) is 80.4 cm³/mol. The standard InChI is InChI=1S/C14H16N4OS/c1-10-6-7-17-14(18-10)20-9-8-19-12-4-2-11(3-5-12)13(15)16/h2-7H,8-9H2,1H3,(H3,15,16).